The number of H-pyrrole nitrogens is 1. The van der Waals surface area contributed by atoms with Crippen LogP contribution in [0.1, 0.15) is 145 Å². The maximum Gasteiger partial charge on any atom is 0.330 e. The van der Waals surface area contributed by atoms with Crippen LogP contribution in [0.2, 0.25) is 0 Å². The Morgan fingerprint density at radius 3 is 1.69 bits per heavy atom. The second-order valence-electron chi connectivity index (χ2n) is 17.5. The number of carbonyl (C=O) groups excluding carboxylic acids is 1. The molecule has 2 N–H and O–H groups in total. The molecule has 2 unspecified atom stereocenters. The van der Waals surface area contributed by atoms with Crippen LogP contribution in [0.25, 0.3) is 0 Å². The van der Waals surface area contributed by atoms with E-state index in [2.05, 4.69) is 11.9 Å². The average molecular weight is 943 g/mol. The van der Waals surface area contributed by atoms with E-state index in [1.54, 1.807) is 14.2 Å². The monoisotopic (exact) mass is 943 g/mol. The van der Waals surface area contributed by atoms with Crippen molar-refractivity contribution in [3.63, 3.8) is 0 Å². The predicted octanol–water partition coefficient (Wildman–Crippen LogP) is 9.90. The largest absolute Gasteiger partial charge is 0.497 e. The van der Waals surface area contributed by atoms with Crippen LogP contribution in [0, 0.1) is 0 Å². The number of carboxylic acid groups (broad SMARTS) is 1. The molecule has 3 aromatic carbocycles. The van der Waals surface area contributed by atoms with E-state index in [0.29, 0.717) is 18.1 Å². The van der Waals surface area contributed by atoms with Gasteiger partial charge in [-0.1, -0.05) is 158 Å². The molecule has 68 heavy (non-hydrogen) atoms. The van der Waals surface area contributed by atoms with Crippen molar-refractivity contribution in [3.8, 4) is 11.5 Å². The Morgan fingerprint density at radius 2 is 1.18 bits per heavy atom. The molecule has 1 fully saturated rings. The lowest BCUT2D eigenvalue weighted by atomic mass is 9.80. The molecule has 1 saturated heterocycles. The second kappa shape index (κ2) is 29.6. The maximum atomic E-state index is 13.3. The van der Waals surface area contributed by atoms with Crippen molar-refractivity contribution in [2.75, 3.05) is 40.6 Å². The fourth-order valence-electron chi connectivity index (χ4n) is 8.82. The normalized spacial score (nSPS) is 17.0. The molecular weight excluding hydrogens is 869 g/mol. The number of hydrogen-bond donors (Lipinski definition) is 2. The van der Waals surface area contributed by atoms with Crippen LogP contribution in [0.3, 0.4) is 0 Å². The fraction of sp³-hybridized carbons (Fsp3) is 0.556. The van der Waals surface area contributed by atoms with Crippen LogP contribution in [-0.2, 0) is 38.9 Å². The summed E-state index contributed by atoms with van der Waals surface area (Å²) in [5.41, 5.74) is -0.370. The van der Waals surface area contributed by atoms with Gasteiger partial charge in [0.15, 0.2) is 12.3 Å². The first-order chi connectivity index (χ1) is 33.2. The first-order valence-corrected chi connectivity index (χ1v) is 24.8. The van der Waals surface area contributed by atoms with Crippen molar-refractivity contribution in [3.05, 3.63) is 129 Å². The molecule has 1 aromatic heterocycles. The average Bonchev–Trinajstić information content (AvgIpc) is 3.68. The van der Waals surface area contributed by atoms with Gasteiger partial charge in [-0.05, 0) is 47.4 Å². The Bertz CT molecular complexity index is 2110. The Hall–Kier alpha value is -5.28. The first-order valence-electron chi connectivity index (χ1n) is 24.8. The lowest BCUT2D eigenvalue weighted by molar-refractivity contribution is -0.162. The van der Waals surface area contributed by atoms with E-state index in [9.17, 15) is 24.3 Å². The molecule has 1 aliphatic rings. The van der Waals surface area contributed by atoms with Gasteiger partial charge >= 0.3 is 17.6 Å². The lowest BCUT2D eigenvalue weighted by Gasteiger charge is -2.37. The number of carbonyl (C=O) groups is 2. The summed E-state index contributed by atoms with van der Waals surface area (Å²) in [4.78, 5) is 52.5. The van der Waals surface area contributed by atoms with Crippen molar-refractivity contribution in [1.82, 2.24) is 9.55 Å². The molecule has 0 aliphatic carbocycles. The number of methoxy groups -OCH3 is 2. The van der Waals surface area contributed by atoms with Gasteiger partial charge in [-0.15, -0.1) is 0 Å². The number of nitrogens with one attached hydrogen (secondary N) is 1. The molecule has 0 amide bonds. The van der Waals surface area contributed by atoms with Crippen LogP contribution in [0.5, 0.6) is 11.5 Å². The van der Waals surface area contributed by atoms with Crippen LogP contribution in [-0.4, -0.2) is 85.6 Å². The van der Waals surface area contributed by atoms with Gasteiger partial charge < -0.3 is 38.3 Å². The van der Waals surface area contributed by atoms with Crippen molar-refractivity contribution < 1.29 is 47.9 Å². The highest BCUT2D eigenvalue weighted by Gasteiger charge is 2.51. The molecule has 14 nitrogen and oxygen atoms in total. The van der Waals surface area contributed by atoms with E-state index in [0.717, 1.165) is 46.6 Å². The van der Waals surface area contributed by atoms with Crippen LogP contribution in [0.4, 0.5) is 0 Å². The zero-order valence-corrected chi connectivity index (χ0v) is 40.4. The Labute approximate surface area is 401 Å². The molecule has 0 spiro atoms. The van der Waals surface area contributed by atoms with Crippen molar-refractivity contribution in [2.24, 2.45) is 0 Å². The molecule has 372 valence electrons. The molecule has 1 aliphatic heterocycles. The van der Waals surface area contributed by atoms with Gasteiger partial charge in [0.05, 0.1) is 46.9 Å². The molecule has 0 saturated carbocycles. The molecule has 4 atom stereocenters. The molecule has 5 rings (SSSR count). The maximum absolute atomic E-state index is 13.3. The van der Waals surface area contributed by atoms with E-state index in [1.807, 2.05) is 78.9 Å². The van der Waals surface area contributed by atoms with Gasteiger partial charge in [-0.25, -0.2) is 4.79 Å². The summed E-state index contributed by atoms with van der Waals surface area (Å²) in [6, 6.07) is 25.9. The molecule has 0 radical (unpaired) electrons. The van der Waals surface area contributed by atoms with Gasteiger partial charge in [-0.3, -0.25) is 23.9 Å². The summed E-state index contributed by atoms with van der Waals surface area (Å²) in [7, 11) is 3.19. The first kappa shape index (κ1) is 53.7. The highest BCUT2D eigenvalue weighted by atomic mass is 16.6. The third kappa shape index (κ3) is 16.5. The van der Waals surface area contributed by atoms with Crippen molar-refractivity contribution in [2.45, 2.75) is 153 Å². The third-order valence-corrected chi connectivity index (χ3v) is 12.5. The Kier molecular flexibility index (Phi) is 23.3. The molecule has 14 heteroatoms. The number of carboxylic acids is 1. The number of unbranched alkanes of at least 4 members (excludes halogenated alkanes) is 15. The predicted molar refractivity (Wildman–Crippen MR) is 260 cm³/mol. The van der Waals surface area contributed by atoms with Gasteiger partial charge in [0.25, 0.3) is 5.56 Å². The molecule has 4 aromatic rings. The number of hydrogen-bond acceptors (Lipinski definition) is 11. The van der Waals surface area contributed by atoms with Gasteiger partial charge in [0.1, 0.15) is 29.3 Å². The van der Waals surface area contributed by atoms with E-state index in [-0.39, 0.29) is 19.8 Å². The summed E-state index contributed by atoms with van der Waals surface area (Å²) in [5.74, 6) is -0.699. The summed E-state index contributed by atoms with van der Waals surface area (Å²) < 4.78 is 44.4. The smallest absolute Gasteiger partial charge is 0.330 e. The minimum Gasteiger partial charge on any atom is -0.497 e. The summed E-state index contributed by atoms with van der Waals surface area (Å²) >= 11 is 0. The summed E-state index contributed by atoms with van der Waals surface area (Å²) in [6.07, 6.45) is 16.3. The van der Waals surface area contributed by atoms with Crippen LogP contribution in [0.15, 0.2) is 101 Å². The summed E-state index contributed by atoms with van der Waals surface area (Å²) in [5, 5.41) is 9.35. The third-order valence-electron chi connectivity index (χ3n) is 12.5. The van der Waals surface area contributed by atoms with Crippen LogP contribution >= 0.6 is 0 Å². The van der Waals surface area contributed by atoms with E-state index < -0.39 is 66.2 Å². The molecule has 2 heterocycles. The van der Waals surface area contributed by atoms with E-state index in [4.69, 9.17) is 33.2 Å². The van der Waals surface area contributed by atoms with Gasteiger partial charge in [0, 0.05) is 18.9 Å². The van der Waals surface area contributed by atoms with Crippen molar-refractivity contribution >= 4 is 11.9 Å². The SMILES string of the molecule is CCCCCCCCCCCCCCCCCCOCCOC1C(OC(=O)CCC(=O)O)[C@H](n2ccc(=O)[nH]c2=O)O[C@@H]1COC(c1ccccc1)(c1ccc(OC)cc1)c1ccc(OC)cc1. The number of aromatic amines is 1. The van der Waals surface area contributed by atoms with Crippen LogP contribution < -0.4 is 20.7 Å². The number of esters is 1. The number of benzene rings is 3. The standard InChI is InChI=1S/C54H74N2O12/c1-4-5-6-7-8-9-10-11-12-13-14-15-16-17-18-22-37-64-38-39-65-50-46(67-52(56-36-35-47(57)55-53(56)61)51(50)68-49(60)34-33-48(58)59)40-66-54(41-23-20-19-21-24-41,42-25-29-44(62-2)30-26-42)43-27-31-45(63-3)32-28-43/h19-21,23-32,35-36,46,50-52H,4-18,22,33-34,37-40H2,1-3H3,(H,58,59)(H,55,57,61)/t46-,50?,51?,52-/m1/s1. The second-order valence-corrected chi connectivity index (χ2v) is 17.5. The number of aliphatic carboxylic acids is 1. The van der Waals surface area contributed by atoms with E-state index in [1.165, 1.54) is 89.7 Å². The highest BCUT2D eigenvalue weighted by Crippen LogP contribution is 2.43. The molecule has 0 bridgehead atoms. The topological polar surface area (TPSA) is 174 Å². The zero-order valence-electron chi connectivity index (χ0n) is 40.4. The Balaban J connectivity index is 1.28. The van der Waals surface area contributed by atoms with E-state index >= 15 is 0 Å². The minimum atomic E-state index is -1.29. The van der Waals surface area contributed by atoms with Crippen molar-refractivity contribution in [1.29, 1.82) is 0 Å². The number of rotatable bonds is 34. The Morgan fingerprint density at radius 1 is 0.647 bits per heavy atom. The fourth-order valence-corrected chi connectivity index (χ4v) is 8.82. The lowest BCUT2D eigenvalue weighted by Crippen LogP contribution is -2.43. The highest BCUT2D eigenvalue weighted by molar-refractivity contribution is 5.76. The summed E-state index contributed by atoms with van der Waals surface area (Å²) in [6.45, 7) is 2.98. The van der Waals surface area contributed by atoms with Gasteiger partial charge in [0.2, 0.25) is 0 Å². The zero-order chi connectivity index (χ0) is 48.4. The minimum absolute atomic E-state index is 0.0839. The quantitative estimate of drug-likeness (QED) is 0.0258. The number of ether oxygens (including phenoxy) is 7. The number of aromatic nitrogens is 2. The van der Waals surface area contributed by atoms with Gasteiger partial charge in [-0.2, -0.15) is 0 Å². The molecular formula is C54H74N2O12. The number of nitrogens with zero attached hydrogens (tertiary/aromatic N) is 1.